The summed E-state index contributed by atoms with van der Waals surface area (Å²) in [5.41, 5.74) is 3.71. The molecule has 0 aliphatic rings. The lowest BCUT2D eigenvalue weighted by Crippen LogP contribution is -1.79. The fourth-order valence-electron chi connectivity index (χ4n) is 1.45. The molecule has 0 radical (unpaired) electrons. The standard InChI is InChI=1S/C16H11N/c1-13-5-7-14(8-6-13)9-10-15-3-2-4-16(11-15)12-17/h2-8,11H,1H3. The molecule has 0 aliphatic heterocycles. The predicted molar refractivity (Wildman–Crippen MR) is 68.3 cm³/mol. The van der Waals surface area contributed by atoms with E-state index < -0.39 is 0 Å². The van der Waals surface area contributed by atoms with E-state index >= 15 is 0 Å². The second kappa shape index (κ2) is 5.01. The Hall–Kier alpha value is -2.51. The van der Waals surface area contributed by atoms with E-state index in [1.54, 1.807) is 12.1 Å². The number of hydrogen-bond donors (Lipinski definition) is 0. The molecule has 0 fully saturated rings. The summed E-state index contributed by atoms with van der Waals surface area (Å²) in [5, 5.41) is 8.78. The van der Waals surface area contributed by atoms with Crippen molar-refractivity contribution in [1.29, 1.82) is 5.26 Å². The Morgan fingerprint density at radius 2 is 1.47 bits per heavy atom. The van der Waals surface area contributed by atoms with Gasteiger partial charge in [0.05, 0.1) is 11.6 Å². The van der Waals surface area contributed by atoms with Crippen LogP contribution < -0.4 is 0 Å². The van der Waals surface area contributed by atoms with E-state index in [0.29, 0.717) is 5.56 Å². The molecule has 0 heterocycles. The van der Waals surface area contributed by atoms with Gasteiger partial charge in [-0.15, -0.1) is 0 Å². The molecule has 0 spiro atoms. The molecular weight excluding hydrogens is 206 g/mol. The average molecular weight is 217 g/mol. The lowest BCUT2D eigenvalue weighted by atomic mass is 10.1. The zero-order valence-corrected chi connectivity index (χ0v) is 9.57. The summed E-state index contributed by atoms with van der Waals surface area (Å²) in [6, 6.07) is 17.5. The number of aryl methyl sites for hydroxylation is 1. The van der Waals surface area contributed by atoms with Gasteiger partial charge in [0.1, 0.15) is 0 Å². The summed E-state index contributed by atoms with van der Waals surface area (Å²) in [7, 11) is 0. The van der Waals surface area contributed by atoms with Crippen molar-refractivity contribution in [3.05, 3.63) is 70.8 Å². The first kappa shape index (κ1) is 11.0. The van der Waals surface area contributed by atoms with E-state index in [1.807, 2.05) is 43.3 Å². The van der Waals surface area contributed by atoms with Crippen LogP contribution in [0.4, 0.5) is 0 Å². The highest BCUT2D eigenvalue weighted by atomic mass is 14.2. The fourth-order valence-corrected chi connectivity index (χ4v) is 1.45. The van der Waals surface area contributed by atoms with Crippen molar-refractivity contribution in [3.63, 3.8) is 0 Å². The van der Waals surface area contributed by atoms with Crippen molar-refractivity contribution in [2.45, 2.75) is 6.92 Å². The van der Waals surface area contributed by atoms with Gasteiger partial charge in [-0.3, -0.25) is 0 Å². The van der Waals surface area contributed by atoms with Crippen LogP contribution in [-0.4, -0.2) is 0 Å². The summed E-state index contributed by atoms with van der Waals surface area (Å²) >= 11 is 0. The fraction of sp³-hybridized carbons (Fsp3) is 0.0625. The van der Waals surface area contributed by atoms with E-state index in [2.05, 4.69) is 17.9 Å². The van der Waals surface area contributed by atoms with Crippen LogP contribution in [0.5, 0.6) is 0 Å². The van der Waals surface area contributed by atoms with Gasteiger partial charge in [-0.05, 0) is 37.3 Å². The van der Waals surface area contributed by atoms with Crippen LogP contribution >= 0.6 is 0 Å². The monoisotopic (exact) mass is 217 g/mol. The number of rotatable bonds is 0. The molecule has 0 bridgehead atoms. The van der Waals surface area contributed by atoms with E-state index in [0.717, 1.165) is 11.1 Å². The Morgan fingerprint density at radius 3 is 2.18 bits per heavy atom. The summed E-state index contributed by atoms with van der Waals surface area (Å²) in [6.07, 6.45) is 0. The molecule has 1 nitrogen and oxygen atoms in total. The van der Waals surface area contributed by atoms with E-state index in [-0.39, 0.29) is 0 Å². The maximum Gasteiger partial charge on any atom is 0.0992 e. The van der Waals surface area contributed by atoms with Gasteiger partial charge in [0.25, 0.3) is 0 Å². The normalized spacial score (nSPS) is 8.94. The predicted octanol–water partition coefficient (Wildman–Crippen LogP) is 3.27. The number of nitrogens with zero attached hydrogens (tertiary/aromatic N) is 1. The van der Waals surface area contributed by atoms with Gasteiger partial charge >= 0.3 is 0 Å². The molecule has 2 rings (SSSR count). The first-order chi connectivity index (χ1) is 8.28. The molecule has 0 saturated heterocycles. The molecule has 0 unspecified atom stereocenters. The minimum Gasteiger partial charge on any atom is -0.192 e. The summed E-state index contributed by atoms with van der Waals surface area (Å²) in [4.78, 5) is 0. The van der Waals surface area contributed by atoms with Crippen molar-refractivity contribution in [1.82, 2.24) is 0 Å². The minimum absolute atomic E-state index is 0.640. The zero-order valence-electron chi connectivity index (χ0n) is 9.57. The molecule has 0 aromatic heterocycles. The molecule has 2 aromatic rings. The van der Waals surface area contributed by atoms with E-state index in [4.69, 9.17) is 5.26 Å². The first-order valence-corrected chi connectivity index (χ1v) is 5.37. The highest BCUT2D eigenvalue weighted by molar-refractivity contribution is 5.46. The Balaban J connectivity index is 2.27. The average Bonchev–Trinajstić information content (AvgIpc) is 2.38. The molecule has 0 aliphatic carbocycles. The lowest BCUT2D eigenvalue weighted by Gasteiger charge is -1.92. The van der Waals surface area contributed by atoms with Crippen LogP contribution in [0.25, 0.3) is 0 Å². The molecule has 0 saturated carbocycles. The Bertz CT molecular complexity index is 619. The van der Waals surface area contributed by atoms with Crippen molar-refractivity contribution in [3.8, 4) is 17.9 Å². The topological polar surface area (TPSA) is 23.8 Å². The highest BCUT2D eigenvalue weighted by Crippen LogP contribution is 2.04. The van der Waals surface area contributed by atoms with Gasteiger partial charge in [0.15, 0.2) is 0 Å². The summed E-state index contributed by atoms with van der Waals surface area (Å²) < 4.78 is 0. The largest absolute Gasteiger partial charge is 0.192 e. The first-order valence-electron chi connectivity index (χ1n) is 5.37. The van der Waals surface area contributed by atoms with Crippen LogP contribution in [0.15, 0.2) is 48.5 Å². The number of hydrogen-bond acceptors (Lipinski definition) is 1. The van der Waals surface area contributed by atoms with Crippen molar-refractivity contribution in [2.24, 2.45) is 0 Å². The van der Waals surface area contributed by atoms with Gasteiger partial charge < -0.3 is 0 Å². The smallest absolute Gasteiger partial charge is 0.0992 e. The molecule has 80 valence electrons. The Labute approximate surface area is 101 Å². The van der Waals surface area contributed by atoms with Crippen molar-refractivity contribution < 1.29 is 0 Å². The van der Waals surface area contributed by atoms with Crippen LogP contribution in [0.1, 0.15) is 22.3 Å². The molecular formula is C16H11N. The van der Waals surface area contributed by atoms with Gasteiger partial charge in [0.2, 0.25) is 0 Å². The summed E-state index contributed by atoms with van der Waals surface area (Å²) in [6.45, 7) is 2.05. The van der Waals surface area contributed by atoms with E-state index in [9.17, 15) is 0 Å². The quantitative estimate of drug-likeness (QED) is 0.621. The third-order valence-electron chi connectivity index (χ3n) is 2.39. The van der Waals surface area contributed by atoms with Crippen LogP contribution in [0.2, 0.25) is 0 Å². The third kappa shape index (κ3) is 2.97. The zero-order chi connectivity index (χ0) is 12.1. The molecule has 1 heteroatoms. The van der Waals surface area contributed by atoms with Crippen LogP contribution in [0, 0.1) is 30.1 Å². The van der Waals surface area contributed by atoms with Gasteiger partial charge in [-0.25, -0.2) is 0 Å². The van der Waals surface area contributed by atoms with Gasteiger partial charge in [-0.1, -0.05) is 35.6 Å². The number of benzene rings is 2. The maximum absolute atomic E-state index is 8.78. The third-order valence-corrected chi connectivity index (χ3v) is 2.39. The van der Waals surface area contributed by atoms with Crippen molar-refractivity contribution >= 4 is 0 Å². The van der Waals surface area contributed by atoms with Crippen LogP contribution in [-0.2, 0) is 0 Å². The maximum atomic E-state index is 8.78. The van der Waals surface area contributed by atoms with E-state index in [1.165, 1.54) is 5.56 Å². The second-order valence-electron chi connectivity index (χ2n) is 3.81. The van der Waals surface area contributed by atoms with Gasteiger partial charge in [-0.2, -0.15) is 5.26 Å². The van der Waals surface area contributed by atoms with Gasteiger partial charge in [0, 0.05) is 11.1 Å². The SMILES string of the molecule is Cc1ccc(C#Cc2cccc(C#N)c2)cc1. The Morgan fingerprint density at radius 1 is 0.824 bits per heavy atom. The molecule has 0 amide bonds. The summed E-state index contributed by atoms with van der Waals surface area (Å²) in [5.74, 6) is 6.13. The van der Waals surface area contributed by atoms with Crippen LogP contribution in [0.3, 0.4) is 0 Å². The highest BCUT2D eigenvalue weighted by Gasteiger charge is 1.91. The van der Waals surface area contributed by atoms with Crippen molar-refractivity contribution in [2.75, 3.05) is 0 Å². The molecule has 0 atom stereocenters. The Kier molecular flexibility index (Phi) is 3.24. The lowest BCUT2D eigenvalue weighted by molar-refractivity contribution is 1.46. The minimum atomic E-state index is 0.640. The number of nitriles is 1. The molecule has 2 aromatic carbocycles. The molecule has 0 N–H and O–H groups in total. The second-order valence-corrected chi connectivity index (χ2v) is 3.81. The molecule has 17 heavy (non-hydrogen) atoms.